The molecule has 4 nitrogen and oxygen atoms in total. The number of hydrogen-bond donors (Lipinski definition) is 1. The summed E-state index contributed by atoms with van der Waals surface area (Å²) in [6.07, 6.45) is 1.89. The summed E-state index contributed by atoms with van der Waals surface area (Å²) >= 11 is 1.50. The highest BCUT2D eigenvalue weighted by molar-refractivity contribution is 7.89. The van der Waals surface area contributed by atoms with Crippen LogP contribution < -0.4 is 5.32 Å². The Morgan fingerprint density at radius 2 is 2.11 bits per heavy atom. The second-order valence-electron chi connectivity index (χ2n) is 4.70. The van der Waals surface area contributed by atoms with Crippen molar-refractivity contribution in [3.8, 4) is 0 Å². The molecule has 0 saturated carbocycles. The smallest absolute Gasteiger partial charge is 0.243 e. The molecular weight excluding hydrogens is 280 g/mol. The number of hydrogen-bond acceptors (Lipinski definition) is 4. The number of thiophene rings is 1. The lowest BCUT2D eigenvalue weighted by atomic mass is 10.3. The van der Waals surface area contributed by atoms with E-state index in [9.17, 15) is 8.42 Å². The molecule has 0 aromatic carbocycles. The average Bonchev–Trinajstić information content (AvgIpc) is 2.86. The topological polar surface area (TPSA) is 49.4 Å². The van der Waals surface area contributed by atoms with Gasteiger partial charge in [0, 0.05) is 29.9 Å². The van der Waals surface area contributed by atoms with Crippen LogP contribution in [0.2, 0.25) is 0 Å². The van der Waals surface area contributed by atoms with E-state index in [2.05, 4.69) is 12.2 Å². The molecule has 1 rings (SSSR count). The zero-order valence-corrected chi connectivity index (χ0v) is 13.8. The number of nitrogens with zero attached hydrogens (tertiary/aromatic N) is 1. The molecule has 0 aliphatic carbocycles. The standard InChI is InChI=1S/C13H24N2O2S2/c1-5-7-14-9-12-8-13(10-18-12)19(16,17)15(4)11(3)6-2/h8,10-11,14H,5-7,9H2,1-4H3. The Hall–Kier alpha value is -0.430. The van der Waals surface area contributed by atoms with Crippen molar-refractivity contribution in [1.82, 2.24) is 9.62 Å². The molecule has 110 valence electrons. The Bertz CT molecular complexity index is 483. The molecule has 0 aliphatic rings. The van der Waals surface area contributed by atoms with E-state index in [-0.39, 0.29) is 6.04 Å². The monoisotopic (exact) mass is 304 g/mol. The van der Waals surface area contributed by atoms with Gasteiger partial charge in [0.2, 0.25) is 10.0 Å². The molecule has 1 unspecified atom stereocenters. The molecule has 0 amide bonds. The summed E-state index contributed by atoms with van der Waals surface area (Å²) < 4.78 is 26.2. The number of sulfonamides is 1. The van der Waals surface area contributed by atoms with E-state index in [0.717, 1.165) is 30.8 Å². The zero-order valence-electron chi connectivity index (χ0n) is 12.1. The maximum absolute atomic E-state index is 12.4. The minimum atomic E-state index is -3.34. The molecule has 0 saturated heterocycles. The first kappa shape index (κ1) is 16.6. The van der Waals surface area contributed by atoms with E-state index >= 15 is 0 Å². The third-order valence-corrected chi connectivity index (χ3v) is 6.28. The summed E-state index contributed by atoms with van der Waals surface area (Å²) in [6.45, 7) is 7.71. The van der Waals surface area contributed by atoms with Gasteiger partial charge in [-0.05, 0) is 32.4 Å². The first-order chi connectivity index (χ1) is 8.93. The van der Waals surface area contributed by atoms with Gasteiger partial charge in [0.05, 0.1) is 4.90 Å². The first-order valence-corrected chi connectivity index (χ1v) is 9.01. The fourth-order valence-electron chi connectivity index (χ4n) is 1.64. The molecule has 0 fully saturated rings. The second-order valence-corrected chi connectivity index (χ2v) is 7.70. The summed E-state index contributed by atoms with van der Waals surface area (Å²) in [5, 5.41) is 5.01. The van der Waals surface area contributed by atoms with Gasteiger partial charge in [0.1, 0.15) is 0 Å². The van der Waals surface area contributed by atoms with Crippen LogP contribution in [0.1, 0.15) is 38.5 Å². The van der Waals surface area contributed by atoms with E-state index < -0.39 is 10.0 Å². The van der Waals surface area contributed by atoms with Crippen molar-refractivity contribution in [3.05, 3.63) is 16.3 Å². The third kappa shape index (κ3) is 4.27. The molecule has 1 aromatic rings. The van der Waals surface area contributed by atoms with Gasteiger partial charge in [-0.3, -0.25) is 0 Å². The molecule has 0 bridgehead atoms. The van der Waals surface area contributed by atoms with Crippen LogP contribution in [0.3, 0.4) is 0 Å². The van der Waals surface area contributed by atoms with Crippen LogP contribution in [0, 0.1) is 0 Å². The van der Waals surface area contributed by atoms with Crippen molar-refractivity contribution in [2.45, 2.75) is 51.1 Å². The van der Waals surface area contributed by atoms with Crippen LogP contribution in [0.5, 0.6) is 0 Å². The van der Waals surface area contributed by atoms with Gasteiger partial charge in [0.15, 0.2) is 0 Å². The second kappa shape index (κ2) is 7.38. The normalized spacial score (nSPS) is 13.9. The summed E-state index contributed by atoms with van der Waals surface area (Å²) in [5.41, 5.74) is 0. The van der Waals surface area contributed by atoms with Crippen molar-refractivity contribution in [3.63, 3.8) is 0 Å². The SMILES string of the molecule is CCCNCc1cc(S(=O)(=O)N(C)C(C)CC)cs1. The maximum atomic E-state index is 12.4. The van der Waals surface area contributed by atoms with Crippen LogP contribution in [-0.2, 0) is 16.6 Å². The van der Waals surface area contributed by atoms with Gasteiger partial charge in [0.25, 0.3) is 0 Å². The third-order valence-electron chi connectivity index (χ3n) is 3.24. The van der Waals surface area contributed by atoms with Crippen LogP contribution in [0.4, 0.5) is 0 Å². The highest BCUT2D eigenvalue weighted by atomic mass is 32.2. The van der Waals surface area contributed by atoms with E-state index in [0.29, 0.717) is 4.90 Å². The zero-order chi connectivity index (χ0) is 14.5. The summed E-state index contributed by atoms with van der Waals surface area (Å²) in [5.74, 6) is 0. The Morgan fingerprint density at radius 3 is 2.68 bits per heavy atom. The van der Waals surface area contributed by atoms with Crippen LogP contribution in [-0.4, -0.2) is 32.4 Å². The van der Waals surface area contributed by atoms with Crippen molar-refractivity contribution < 1.29 is 8.42 Å². The fraction of sp³-hybridized carbons (Fsp3) is 0.692. The van der Waals surface area contributed by atoms with Crippen molar-refractivity contribution >= 4 is 21.4 Å². The molecular formula is C13H24N2O2S2. The minimum Gasteiger partial charge on any atom is -0.312 e. The molecule has 1 heterocycles. The van der Waals surface area contributed by atoms with Crippen LogP contribution in [0.25, 0.3) is 0 Å². The van der Waals surface area contributed by atoms with E-state index in [4.69, 9.17) is 0 Å². The molecule has 0 aliphatic heterocycles. The fourth-order valence-corrected chi connectivity index (χ4v) is 4.30. The summed E-state index contributed by atoms with van der Waals surface area (Å²) in [4.78, 5) is 1.47. The van der Waals surface area contributed by atoms with Crippen molar-refractivity contribution in [1.29, 1.82) is 0 Å². The van der Waals surface area contributed by atoms with Crippen LogP contribution in [0.15, 0.2) is 16.3 Å². The Kier molecular flexibility index (Phi) is 6.46. The quantitative estimate of drug-likeness (QED) is 0.751. The van der Waals surface area contributed by atoms with E-state index in [1.54, 1.807) is 18.5 Å². The lowest BCUT2D eigenvalue weighted by Crippen LogP contribution is -2.34. The van der Waals surface area contributed by atoms with Gasteiger partial charge in [-0.25, -0.2) is 8.42 Å². The van der Waals surface area contributed by atoms with Crippen molar-refractivity contribution in [2.24, 2.45) is 0 Å². The summed E-state index contributed by atoms with van der Waals surface area (Å²) in [6, 6.07) is 1.80. The molecule has 6 heteroatoms. The highest BCUT2D eigenvalue weighted by Gasteiger charge is 2.25. The number of nitrogens with one attached hydrogen (secondary N) is 1. The Labute approximate surface area is 120 Å². The lowest BCUT2D eigenvalue weighted by Gasteiger charge is -2.22. The van der Waals surface area contributed by atoms with Gasteiger partial charge in [-0.15, -0.1) is 11.3 Å². The first-order valence-electron chi connectivity index (χ1n) is 6.69. The molecule has 1 aromatic heterocycles. The maximum Gasteiger partial charge on any atom is 0.243 e. The van der Waals surface area contributed by atoms with Gasteiger partial charge in [-0.2, -0.15) is 4.31 Å². The van der Waals surface area contributed by atoms with Crippen LogP contribution >= 0.6 is 11.3 Å². The number of rotatable bonds is 8. The average molecular weight is 304 g/mol. The minimum absolute atomic E-state index is 0.0200. The largest absolute Gasteiger partial charge is 0.312 e. The Morgan fingerprint density at radius 1 is 1.42 bits per heavy atom. The predicted molar refractivity (Wildman–Crippen MR) is 81.0 cm³/mol. The lowest BCUT2D eigenvalue weighted by molar-refractivity contribution is 0.381. The van der Waals surface area contributed by atoms with E-state index in [1.807, 2.05) is 13.8 Å². The summed E-state index contributed by atoms with van der Waals surface area (Å²) in [7, 11) is -1.70. The Balaban J connectivity index is 2.79. The predicted octanol–water partition coefficient (Wildman–Crippen LogP) is 2.67. The molecule has 0 radical (unpaired) electrons. The van der Waals surface area contributed by atoms with Gasteiger partial charge >= 0.3 is 0 Å². The molecule has 1 N–H and O–H groups in total. The molecule has 1 atom stereocenters. The van der Waals surface area contributed by atoms with Gasteiger partial charge in [-0.1, -0.05) is 13.8 Å². The van der Waals surface area contributed by atoms with Gasteiger partial charge < -0.3 is 5.32 Å². The van der Waals surface area contributed by atoms with E-state index in [1.165, 1.54) is 15.6 Å². The van der Waals surface area contributed by atoms with Crippen molar-refractivity contribution in [2.75, 3.05) is 13.6 Å². The highest BCUT2D eigenvalue weighted by Crippen LogP contribution is 2.23. The molecule has 19 heavy (non-hydrogen) atoms. The molecule has 0 spiro atoms.